The lowest BCUT2D eigenvalue weighted by Crippen LogP contribution is -2.62. The highest BCUT2D eigenvalue weighted by Crippen LogP contribution is 2.23. The van der Waals surface area contributed by atoms with Crippen LogP contribution in [0, 0.1) is 29.6 Å². The normalized spacial score (nSPS) is 16.0. The minimum atomic E-state index is -1.72. The number of aliphatic carboxylic acids is 2. The van der Waals surface area contributed by atoms with E-state index in [4.69, 9.17) is 11.5 Å². The van der Waals surface area contributed by atoms with Gasteiger partial charge in [0, 0.05) is 68.6 Å². The van der Waals surface area contributed by atoms with Crippen LogP contribution in [0.5, 0.6) is 0 Å². The lowest BCUT2D eigenvalue weighted by atomic mass is 9.96. The predicted molar refractivity (Wildman–Crippen MR) is 416 cm³/mol. The molecule has 1 aliphatic heterocycles. The number of benzene rings is 2. The van der Waals surface area contributed by atoms with Crippen LogP contribution in [0.3, 0.4) is 0 Å². The van der Waals surface area contributed by atoms with Crippen molar-refractivity contribution in [2.75, 3.05) is 13.2 Å². The van der Waals surface area contributed by atoms with E-state index in [0.29, 0.717) is 75.5 Å². The summed E-state index contributed by atoms with van der Waals surface area (Å²) in [5.74, 6) is -8.36. The quantitative estimate of drug-likeness (QED) is 0.0273. The number of unbranched alkanes of at least 4 members (excludes halogenated alkanes) is 8. The van der Waals surface area contributed by atoms with Gasteiger partial charge < -0.3 is 100 Å². The number of fused-ring (bicyclic) bond motifs is 1. The highest BCUT2D eigenvalue weighted by molar-refractivity contribution is 6.00. The molecule has 4 rings (SSSR count). The number of hydrogen-bond acceptors (Lipinski definition) is 18. The van der Waals surface area contributed by atoms with Crippen LogP contribution in [0.2, 0.25) is 0 Å². The first-order valence-corrected chi connectivity index (χ1v) is 38.9. The predicted octanol–water partition coefficient (Wildman–Crippen LogP) is 0.679. The summed E-state index contributed by atoms with van der Waals surface area (Å²) in [6.07, 6.45) is 4.86. The summed E-state index contributed by atoms with van der Waals surface area (Å²) in [7, 11) is 0. The molecule has 0 aliphatic carbocycles. The number of likely N-dealkylation sites (tertiary alicyclic amines) is 1. The van der Waals surface area contributed by atoms with Crippen LogP contribution in [-0.4, -0.2) is 216 Å². The smallest absolute Gasteiger partial charge is 0.326 e. The number of carbonyl (C=O) groups is 15. The van der Waals surface area contributed by atoms with E-state index in [2.05, 4.69) is 70.0 Å². The molecule has 113 heavy (non-hydrogen) atoms. The molecule has 0 radical (unpaired) electrons. The van der Waals surface area contributed by atoms with Gasteiger partial charge in [0.25, 0.3) is 0 Å². The third-order valence-corrected chi connectivity index (χ3v) is 19.3. The fourth-order valence-corrected chi connectivity index (χ4v) is 12.8. The zero-order chi connectivity index (χ0) is 84.0. The Labute approximate surface area is 658 Å². The van der Waals surface area contributed by atoms with Crippen molar-refractivity contribution in [3.63, 3.8) is 0 Å². The highest BCUT2D eigenvalue weighted by Gasteiger charge is 2.40. The second-order valence-electron chi connectivity index (χ2n) is 29.8. The number of carboxylic acids is 2. The number of para-hydroxylation sites is 1. The van der Waals surface area contributed by atoms with Crippen molar-refractivity contribution in [2.45, 2.75) is 275 Å². The average Bonchev–Trinajstić information content (AvgIpc) is 1.78. The minimum Gasteiger partial charge on any atom is -0.480 e. The maximum Gasteiger partial charge on any atom is 0.326 e. The van der Waals surface area contributed by atoms with Crippen LogP contribution in [-0.2, 0) is 84.8 Å². The Morgan fingerprint density at radius 2 is 0.973 bits per heavy atom. The number of carboxylic acid groups (broad SMARTS) is 2. The summed E-state index contributed by atoms with van der Waals surface area (Å²) in [4.78, 5) is 204. The number of aromatic amines is 1. The SMILES string of the molecule is CC[C@H](C)[C@H](NC(=O)[C@H](CCC(N)=O)NC(=O)[C@@H]1CCCN1C(=O)CCCCCCC#CCCCCCCC(=O)N[C@H](CO)C(=O)N[C@@H](C(=O)N[C@H](CC(C)C)C(=O)N[C@H](CC(N)=O)C(=O)N[C@H](Cc1ccccc1)C(=O)O)[C@H](C)O)C(=O)N[C@H](C(=O)N[C@@H](CC(C)C)C(=O)N[C@@H](Cc1c[nH]c2ccccc12)C(=O)O)[C@@H](C)O. The van der Waals surface area contributed by atoms with Crippen LogP contribution in [0.4, 0.5) is 0 Å². The lowest BCUT2D eigenvalue weighted by molar-refractivity contribution is -0.143. The van der Waals surface area contributed by atoms with Gasteiger partial charge in [-0.05, 0) is 107 Å². The molecule has 1 fully saturated rings. The summed E-state index contributed by atoms with van der Waals surface area (Å²) in [6.45, 7) is 12.2. The molecule has 20 N–H and O–H groups in total. The molecule has 34 nitrogen and oxygen atoms in total. The maximum atomic E-state index is 14.2. The second-order valence-corrected chi connectivity index (χ2v) is 29.8. The number of aliphatic hydroxyl groups is 3. The number of amides is 13. The van der Waals surface area contributed by atoms with Gasteiger partial charge in [0.1, 0.15) is 66.5 Å². The maximum absolute atomic E-state index is 14.2. The Balaban J connectivity index is 1.19. The first-order chi connectivity index (χ1) is 53.5. The van der Waals surface area contributed by atoms with Crippen molar-refractivity contribution in [3.05, 3.63) is 71.9 Å². The number of nitrogens with two attached hydrogens (primary N) is 2. The van der Waals surface area contributed by atoms with Crippen molar-refractivity contribution in [3.8, 4) is 11.8 Å². The van der Waals surface area contributed by atoms with E-state index in [1.165, 1.54) is 18.7 Å². The third-order valence-electron chi connectivity index (χ3n) is 19.3. The van der Waals surface area contributed by atoms with E-state index in [1.54, 1.807) is 84.1 Å². The third kappa shape index (κ3) is 33.4. The topological polar surface area (TPSA) is 549 Å². The largest absolute Gasteiger partial charge is 0.480 e. The van der Waals surface area contributed by atoms with E-state index in [9.17, 15) is 97.5 Å². The molecule has 0 unspecified atom stereocenters. The zero-order valence-electron chi connectivity index (χ0n) is 65.9. The fourth-order valence-electron chi connectivity index (χ4n) is 12.8. The fraction of sp³-hybridized carbons (Fsp3) is 0.608. The van der Waals surface area contributed by atoms with Gasteiger partial charge in [-0.15, -0.1) is 11.8 Å². The monoisotopic (exact) mass is 1580 g/mol. The van der Waals surface area contributed by atoms with Gasteiger partial charge in [-0.2, -0.15) is 0 Å². The van der Waals surface area contributed by atoms with Gasteiger partial charge in [-0.3, -0.25) is 62.3 Å². The summed E-state index contributed by atoms with van der Waals surface area (Å²) in [6, 6.07) is -0.251. The van der Waals surface area contributed by atoms with Crippen LogP contribution >= 0.6 is 0 Å². The first-order valence-electron chi connectivity index (χ1n) is 38.9. The minimum absolute atomic E-state index is 0.00337. The molecular weight excluding hydrogens is 1460 g/mol. The van der Waals surface area contributed by atoms with Crippen LogP contribution < -0.4 is 64.6 Å². The number of nitrogens with one attached hydrogen (secondary N) is 11. The molecule has 0 spiro atoms. The second kappa shape index (κ2) is 49.1. The van der Waals surface area contributed by atoms with E-state index in [0.717, 1.165) is 36.6 Å². The van der Waals surface area contributed by atoms with E-state index < -0.39 is 180 Å². The summed E-state index contributed by atoms with van der Waals surface area (Å²) >= 11 is 0. The Morgan fingerprint density at radius 1 is 0.504 bits per heavy atom. The Hall–Kier alpha value is -10.5. The summed E-state index contributed by atoms with van der Waals surface area (Å²) < 4.78 is 0. The molecule has 1 saturated heterocycles. The molecule has 1 aromatic heterocycles. The number of nitrogens with zero attached hydrogens (tertiary/aromatic N) is 1. The average molecular weight is 1580 g/mol. The molecule has 13 amide bonds. The summed E-state index contributed by atoms with van der Waals surface area (Å²) in [5, 5.41) is 77.2. The highest BCUT2D eigenvalue weighted by atomic mass is 16.4. The molecule has 2 aromatic carbocycles. The van der Waals surface area contributed by atoms with Gasteiger partial charge in [0.05, 0.1) is 25.2 Å². The van der Waals surface area contributed by atoms with Crippen molar-refractivity contribution >= 4 is 99.6 Å². The number of hydrogen-bond donors (Lipinski definition) is 18. The number of carbonyl (C=O) groups excluding carboxylic acids is 13. The Kier molecular flexibility index (Phi) is 41.2. The van der Waals surface area contributed by atoms with Crippen LogP contribution in [0.15, 0.2) is 60.8 Å². The first kappa shape index (κ1) is 94.8. The molecule has 2 heterocycles. The Bertz CT molecular complexity index is 3760. The molecule has 0 saturated carbocycles. The molecule has 1 aliphatic rings. The molecule has 624 valence electrons. The van der Waals surface area contributed by atoms with Crippen molar-refractivity contribution in [1.82, 2.24) is 63.1 Å². The number of H-pyrrole nitrogens is 1. The Morgan fingerprint density at radius 3 is 1.50 bits per heavy atom. The van der Waals surface area contributed by atoms with Crippen molar-refractivity contribution < 1.29 is 97.5 Å². The number of aliphatic hydroxyl groups excluding tert-OH is 3. The zero-order valence-corrected chi connectivity index (χ0v) is 65.9. The lowest BCUT2D eigenvalue weighted by Gasteiger charge is -2.30. The van der Waals surface area contributed by atoms with Crippen LogP contribution in [0.25, 0.3) is 10.9 Å². The molecule has 0 bridgehead atoms. The van der Waals surface area contributed by atoms with Crippen LogP contribution in [0.1, 0.15) is 195 Å². The van der Waals surface area contributed by atoms with Gasteiger partial charge in [0.2, 0.25) is 76.8 Å². The van der Waals surface area contributed by atoms with E-state index >= 15 is 0 Å². The molecular formula is C79H118N14O20. The number of aromatic nitrogens is 1. The van der Waals surface area contributed by atoms with E-state index in [-0.39, 0.29) is 69.1 Å². The molecule has 34 heteroatoms. The van der Waals surface area contributed by atoms with Gasteiger partial charge in [-0.1, -0.05) is 122 Å². The number of rotatable bonds is 51. The standard InChI is InChI=1S/C79H118N14O20/c1-9-47(6)66(75(107)92-68(49(8)96)77(109)87-56(39-46(4)5)71(103)89-59(79(112)113)41-51-43-82-53-31-26-25-30-52(51)53)90-69(101)54(35-36-62(80)97)84-74(106)61-32-27-37-93(61)65(100)34-24-19-17-15-13-11-10-12-14-16-18-23-33-64(99)83-60(44-94)73(105)91-67(48(7)95)76(108)86-55(38-45(2)3)70(102)85-57(42-63(81)98)72(104)88-58(78(110)111)40-50-28-21-20-22-29-50/h20-22,25-26,28-31,43,45-49,54-61,66-68,82,94-96H,9,12-19,23-24,27,32-42,44H2,1-8H3,(H2,80,97)(H2,81,98)(H,83,99)(H,84,106)(H,85,102)(H,86,108)(H,87,109)(H,88,104)(H,89,103)(H,90,101)(H,91,105)(H,92,107)(H,110,111)(H,112,113)/t47-,48-,49+,54-,55+,56-,57+,58+,59-,60+,61-,66-,67+,68-/m0/s1. The van der Waals surface area contributed by atoms with Gasteiger partial charge >= 0.3 is 11.9 Å². The molecule has 14 atom stereocenters. The van der Waals surface area contributed by atoms with E-state index in [1.807, 2.05) is 18.2 Å². The summed E-state index contributed by atoms with van der Waals surface area (Å²) in [5.41, 5.74) is 12.9. The molecule has 3 aromatic rings. The number of primary amides is 2. The van der Waals surface area contributed by atoms with Crippen molar-refractivity contribution in [2.24, 2.45) is 29.2 Å². The van der Waals surface area contributed by atoms with Gasteiger partial charge in [-0.25, -0.2) is 9.59 Å². The van der Waals surface area contributed by atoms with Crippen molar-refractivity contribution in [1.29, 1.82) is 0 Å². The van der Waals surface area contributed by atoms with Gasteiger partial charge in [0.15, 0.2) is 0 Å².